The van der Waals surface area contributed by atoms with E-state index in [-0.39, 0.29) is 0 Å². The summed E-state index contributed by atoms with van der Waals surface area (Å²) in [6.45, 7) is 5.82. The highest BCUT2D eigenvalue weighted by Gasteiger charge is 2.07. The van der Waals surface area contributed by atoms with Crippen LogP contribution in [0.4, 0.5) is 0 Å². The molecule has 3 aromatic heterocycles. The quantitative estimate of drug-likeness (QED) is 0.739. The summed E-state index contributed by atoms with van der Waals surface area (Å²) in [5.41, 5.74) is 4.47. The van der Waals surface area contributed by atoms with E-state index in [9.17, 15) is 0 Å². The van der Waals surface area contributed by atoms with Crippen molar-refractivity contribution in [2.75, 3.05) is 7.05 Å². The predicted molar refractivity (Wildman–Crippen MR) is 82.0 cm³/mol. The lowest BCUT2D eigenvalue weighted by Gasteiger charge is -2.13. The second kappa shape index (κ2) is 5.34. The Balaban J connectivity index is 1.72. The second-order valence-electron chi connectivity index (χ2n) is 5.23. The molecule has 0 saturated carbocycles. The van der Waals surface area contributed by atoms with Crippen LogP contribution in [0.25, 0.3) is 5.65 Å². The lowest BCUT2D eigenvalue weighted by Crippen LogP contribution is -2.17. The molecule has 20 heavy (non-hydrogen) atoms. The molecule has 0 fully saturated rings. The average Bonchev–Trinajstić information content (AvgIpc) is 2.94. The largest absolute Gasteiger partial charge is 0.307 e. The maximum atomic E-state index is 4.64. The van der Waals surface area contributed by atoms with Crippen LogP contribution in [0.15, 0.2) is 29.9 Å². The number of aryl methyl sites for hydroxylation is 2. The lowest BCUT2D eigenvalue weighted by atomic mass is 10.3. The molecule has 0 radical (unpaired) electrons. The Morgan fingerprint density at radius 1 is 1.10 bits per heavy atom. The van der Waals surface area contributed by atoms with Crippen LogP contribution >= 0.6 is 11.3 Å². The maximum absolute atomic E-state index is 4.64. The summed E-state index contributed by atoms with van der Waals surface area (Å²) in [5.74, 6) is 0. The molecule has 0 saturated heterocycles. The van der Waals surface area contributed by atoms with Crippen LogP contribution < -0.4 is 0 Å². The molecule has 0 aliphatic rings. The standard InChI is InChI=1S/C15H18N4S/c1-11-4-5-15-17-13(9-19(15)6-11)7-18(3)8-14-10-20-12(2)16-14/h4-6,9-10H,7-8H2,1-3H3. The molecule has 0 amide bonds. The predicted octanol–water partition coefficient (Wildman–Crippen LogP) is 3.04. The first kappa shape index (κ1) is 13.3. The minimum atomic E-state index is 0.831. The fourth-order valence-corrected chi connectivity index (χ4v) is 2.93. The van der Waals surface area contributed by atoms with Gasteiger partial charge in [0.2, 0.25) is 0 Å². The van der Waals surface area contributed by atoms with Crippen molar-refractivity contribution in [3.63, 3.8) is 0 Å². The first-order chi connectivity index (χ1) is 9.60. The third-order valence-electron chi connectivity index (χ3n) is 3.18. The van der Waals surface area contributed by atoms with E-state index < -0.39 is 0 Å². The Bertz CT molecular complexity index is 728. The van der Waals surface area contributed by atoms with E-state index in [1.54, 1.807) is 11.3 Å². The highest BCUT2D eigenvalue weighted by Crippen LogP contribution is 2.12. The van der Waals surface area contributed by atoms with Crippen LogP contribution in [0, 0.1) is 13.8 Å². The molecule has 0 aliphatic carbocycles. The molecule has 0 aliphatic heterocycles. The number of imidazole rings is 1. The topological polar surface area (TPSA) is 33.4 Å². The molecule has 104 valence electrons. The zero-order valence-electron chi connectivity index (χ0n) is 12.0. The van der Waals surface area contributed by atoms with E-state index in [1.165, 1.54) is 5.56 Å². The van der Waals surface area contributed by atoms with Gasteiger partial charge in [-0.15, -0.1) is 11.3 Å². The molecule has 0 bridgehead atoms. The molecule has 3 rings (SSSR count). The van der Waals surface area contributed by atoms with Crippen molar-refractivity contribution >= 4 is 17.0 Å². The fraction of sp³-hybridized carbons (Fsp3) is 0.333. The van der Waals surface area contributed by atoms with Gasteiger partial charge in [0, 0.05) is 30.9 Å². The van der Waals surface area contributed by atoms with Crippen LogP contribution in [0.5, 0.6) is 0 Å². The van der Waals surface area contributed by atoms with Gasteiger partial charge >= 0.3 is 0 Å². The molecule has 0 unspecified atom stereocenters. The van der Waals surface area contributed by atoms with Crippen molar-refractivity contribution in [1.82, 2.24) is 19.3 Å². The molecular weight excluding hydrogens is 268 g/mol. The molecule has 0 N–H and O–H groups in total. The second-order valence-corrected chi connectivity index (χ2v) is 6.30. The summed E-state index contributed by atoms with van der Waals surface area (Å²) in [6.07, 6.45) is 4.21. The van der Waals surface area contributed by atoms with Crippen molar-refractivity contribution in [2.24, 2.45) is 0 Å². The summed E-state index contributed by atoms with van der Waals surface area (Å²) in [4.78, 5) is 11.4. The van der Waals surface area contributed by atoms with Gasteiger partial charge in [0.15, 0.2) is 0 Å². The van der Waals surface area contributed by atoms with Crippen LogP contribution in [0.3, 0.4) is 0 Å². The van der Waals surface area contributed by atoms with E-state index in [0.717, 1.165) is 35.1 Å². The number of aromatic nitrogens is 3. The van der Waals surface area contributed by atoms with Crippen LogP contribution in [0.2, 0.25) is 0 Å². The number of thiazole rings is 1. The van der Waals surface area contributed by atoms with Gasteiger partial charge in [-0.2, -0.15) is 0 Å². The summed E-state index contributed by atoms with van der Waals surface area (Å²) in [7, 11) is 2.10. The number of nitrogens with zero attached hydrogens (tertiary/aromatic N) is 4. The number of pyridine rings is 1. The molecule has 3 heterocycles. The Morgan fingerprint density at radius 3 is 2.65 bits per heavy atom. The normalized spacial score (nSPS) is 11.6. The average molecular weight is 286 g/mol. The van der Waals surface area contributed by atoms with E-state index in [4.69, 9.17) is 0 Å². The monoisotopic (exact) mass is 286 g/mol. The van der Waals surface area contributed by atoms with Crippen molar-refractivity contribution in [2.45, 2.75) is 26.9 Å². The molecule has 3 aromatic rings. The van der Waals surface area contributed by atoms with E-state index in [0.29, 0.717) is 0 Å². The minimum absolute atomic E-state index is 0.831. The smallest absolute Gasteiger partial charge is 0.137 e. The third kappa shape index (κ3) is 2.89. The van der Waals surface area contributed by atoms with Gasteiger partial charge in [0.1, 0.15) is 5.65 Å². The van der Waals surface area contributed by atoms with E-state index >= 15 is 0 Å². The number of hydrogen-bond donors (Lipinski definition) is 0. The van der Waals surface area contributed by atoms with Gasteiger partial charge in [0.25, 0.3) is 0 Å². The van der Waals surface area contributed by atoms with Gasteiger partial charge < -0.3 is 4.40 Å². The first-order valence-electron chi connectivity index (χ1n) is 6.64. The zero-order chi connectivity index (χ0) is 14.1. The number of rotatable bonds is 4. The van der Waals surface area contributed by atoms with E-state index in [1.807, 2.05) is 6.92 Å². The summed E-state index contributed by atoms with van der Waals surface area (Å²) in [5, 5.41) is 3.25. The first-order valence-corrected chi connectivity index (χ1v) is 7.52. The van der Waals surface area contributed by atoms with Crippen molar-refractivity contribution < 1.29 is 0 Å². The van der Waals surface area contributed by atoms with Crippen LogP contribution in [-0.2, 0) is 13.1 Å². The Labute approximate surface area is 122 Å². The van der Waals surface area contributed by atoms with Gasteiger partial charge in [-0.05, 0) is 32.5 Å². The van der Waals surface area contributed by atoms with Gasteiger partial charge in [-0.1, -0.05) is 6.07 Å². The minimum Gasteiger partial charge on any atom is -0.307 e. The van der Waals surface area contributed by atoms with Gasteiger partial charge in [-0.3, -0.25) is 4.90 Å². The molecule has 0 atom stereocenters. The third-order valence-corrected chi connectivity index (χ3v) is 4.00. The van der Waals surface area contributed by atoms with Crippen molar-refractivity contribution in [3.05, 3.63) is 51.9 Å². The highest BCUT2D eigenvalue weighted by molar-refractivity contribution is 7.09. The Hall–Kier alpha value is -1.72. The molecule has 0 aromatic carbocycles. The summed E-state index contributed by atoms with van der Waals surface area (Å²) in [6, 6.07) is 4.15. The number of hydrogen-bond acceptors (Lipinski definition) is 4. The van der Waals surface area contributed by atoms with Crippen molar-refractivity contribution in [1.29, 1.82) is 0 Å². The van der Waals surface area contributed by atoms with E-state index in [2.05, 4.69) is 63.1 Å². The molecular formula is C15H18N4S. The van der Waals surface area contributed by atoms with Crippen LogP contribution in [-0.4, -0.2) is 26.3 Å². The summed E-state index contributed by atoms with van der Waals surface area (Å²) < 4.78 is 2.09. The van der Waals surface area contributed by atoms with Gasteiger partial charge in [0.05, 0.1) is 16.4 Å². The Kier molecular flexibility index (Phi) is 3.54. The molecule has 4 nitrogen and oxygen atoms in total. The highest BCUT2D eigenvalue weighted by atomic mass is 32.1. The SMILES string of the molecule is Cc1ccc2nc(CN(C)Cc3csc(C)n3)cn2c1. The molecule has 5 heteroatoms. The maximum Gasteiger partial charge on any atom is 0.137 e. The van der Waals surface area contributed by atoms with Crippen LogP contribution in [0.1, 0.15) is 22.0 Å². The lowest BCUT2D eigenvalue weighted by molar-refractivity contribution is 0.312. The zero-order valence-corrected chi connectivity index (χ0v) is 12.8. The fourth-order valence-electron chi connectivity index (χ4n) is 2.32. The van der Waals surface area contributed by atoms with Crippen molar-refractivity contribution in [3.8, 4) is 0 Å². The summed E-state index contributed by atoms with van der Waals surface area (Å²) >= 11 is 1.70. The van der Waals surface area contributed by atoms with Gasteiger partial charge in [-0.25, -0.2) is 9.97 Å². The molecule has 0 spiro atoms. The number of fused-ring (bicyclic) bond motifs is 1. The Morgan fingerprint density at radius 2 is 1.90 bits per heavy atom.